The maximum atomic E-state index is 3.46. The van der Waals surface area contributed by atoms with Crippen LogP contribution in [0.2, 0.25) is 0 Å². The van der Waals surface area contributed by atoms with Gasteiger partial charge in [-0.1, -0.05) is 0 Å². The summed E-state index contributed by atoms with van der Waals surface area (Å²) in [5, 5.41) is 3.46. The number of rotatable bonds is 0. The normalized spacial score (nSPS) is 10.5. The molecule has 74 valence electrons. The monoisotopic (exact) mass is 247 g/mol. The molecule has 0 heterocycles. The third-order valence-electron chi connectivity index (χ3n) is 0.750. The molecule has 1 N–H and O–H groups in total. The summed E-state index contributed by atoms with van der Waals surface area (Å²) in [6.07, 6.45) is 0. The Kier molecular flexibility index (Phi) is 14.8. The summed E-state index contributed by atoms with van der Waals surface area (Å²) >= 11 is 0. The second kappa shape index (κ2) is 7.64. The minimum absolute atomic E-state index is 0. The molecule has 0 atom stereocenters. The quantitative estimate of drug-likeness (QED) is 0.433. The molecule has 0 fully saturated rings. The van der Waals surface area contributed by atoms with Crippen molar-refractivity contribution in [2.24, 2.45) is 0 Å². The van der Waals surface area contributed by atoms with Crippen molar-refractivity contribution in [3.63, 3.8) is 0 Å². The molecule has 1 nitrogen and oxygen atoms in total. The van der Waals surface area contributed by atoms with Gasteiger partial charge in [-0.05, 0) is 41.5 Å². The van der Waals surface area contributed by atoms with Gasteiger partial charge in [0, 0.05) is 11.1 Å². The van der Waals surface area contributed by atoms with E-state index in [-0.39, 0.29) is 57.6 Å². The number of hydrogen-bond donors (Lipinski definition) is 1. The van der Waals surface area contributed by atoms with E-state index in [4.69, 9.17) is 0 Å². The zero-order chi connectivity index (χ0) is 7.71. The Labute approximate surface area is 104 Å². The van der Waals surface area contributed by atoms with Gasteiger partial charge in [0.15, 0.2) is 0 Å². The van der Waals surface area contributed by atoms with Gasteiger partial charge in [0.25, 0.3) is 0 Å². The Bertz CT molecular complexity index is 82.2. The zero-order valence-corrected chi connectivity index (χ0v) is 11.8. The molecule has 0 radical (unpaired) electrons. The molecule has 0 aromatic heterocycles. The molecule has 0 rings (SSSR count). The topological polar surface area (TPSA) is 12.0 Å². The van der Waals surface area contributed by atoms with E-state index >= 15 is 0 Å². The fourth-order valence-electron chi connectivity index (χ4n) is 1.12. The summed E-state index contributed by atoms with van der Waals surface area (Å²) in [4.78, 5) is 0. The summed E-state index contributed by atoms with van der Waals surface area (Å²) < 4.78 is 0. The second-order valence-electron chi connectivity index (χ2n) is 4.62. The average molecular weight is 248 g/mol. The van der Waals surface area contributed by atoms with E-state index in [1.165, 1.54) is 0 Å². The van der Waals surface area contributed by atoms with Crippen LogP contribution in [-0.4, -0.2) is 11.1 Å². The first-order chi connectivity index (χ1) is 3.71. The number of hydrogen-bond acceptors (Lipinski definition) is 1. The first-order valence-corrected chi connectivity index (χ1v) is 3.50. The second-order valence-corrected chi connectivity index (χ2v) is 4.62. The number of halogens is 2. The largest absolute Gasteiger partial charge is 2.00 e. The molecule has 4 heteroatoms. The van der Waals surface area contributed by atoms with Gasteiger partial charge in [0.2, 0.25) is 0 Å². The van der Waals surface area contributed by atoms with Crippen LogP contribution in [0, 0.1) is 0 Å². The van der Waals surface area contributed by atoms with E-state index in [0.29, 0.717) is 0 Å². The van der Waals surface area contributed by atoms with Crippen LogP contribution < -0.4 is 30.1 Å². The van der Waals surface area contributed by atoms with E-state index in [1.807, 2.05) is 0 Å². The number of nitrogens with one attached hydrogen (secondary N) is 1. The molecular weight excluding hydrogens is 229 g/mol. The molecule has 0 amide bonds. The summed E-state index contributed by atoms with van der Waals surface area (Å²) in [5.74, 6) is 0. The van der Waals surface area contributed by atoms with Gasteiger partial charge in [-0.15, -0.1) is 0 Å². The molecule has 0 bridgehead atoms. The smallest absolute Gasteiger partial charge is 1.00 e. The van der Waals surface area contributed by atoms with Crippen molar-refractivity contribution < 1.29 is 46.5 Å². The van der Waals surface area contributed by atoms with Gasteiger partial charge < -0.3 is 30.1 Å². The minimum Gasteiger partial charge on any atom is -1.00 e. The van der Waals surface area contributed by atoms with E-state index in [0.717, 1.165) is 0 Å². The third kappa shape index (κ3) is 22.5. The Morgan fingerprint density at radius 3 is 0.833 bits per heavy atom. The van der Waals surface area contributed by atoms with Gasteiger partial charge in [0.05, 0.1) is 0 Å². The predicted octanol–water partition coefficient (Wildman–Crippen LogP) is -3.82. The maximum Gasteiger partial charge on any atom is 2.00 e. The average Bonchev–Trinajstić information content (AvgIpc) is 1.14. The van der Waals surface area contributed by atoms with Crippen LogP contribution in [0.4, 0.5) is 0 Å². The van der Waals surface area contributed by atoms with Crippen molar-refractivity contribution in [3.8, 4) is 0 Å². The first-order valence-electron chi connectivity index (χ1n) is 3.50. The molecule has 0 unspecified atom stereocenters. The van der Waals surface area contributed by atoms with E-state index < -0.39 is 0 Å². The maximum absolute atomic E-state index is 3.46. The van der Waals surface area contributed by atoms with Crippen molar-refractivity contribution in [2.45, 2.75) is 52.6 Å². The van der Waals surface area contributed by atoms with E-state index in [1.54, 1.807) is 0 Å². The Hall–Kier alpha value is 1.25. The van der Waals surface area contributed by atoms with Crippen LogP contribution in [0.1, 0.15) is 41.5 Å². The van der Waals surface area contributed by atoms with Crippen LogP contribution >= 0.6 is 0 Å². The van der Waals surface area contributed by atoms with Gasteiger partial charge >= 0.3 is 21.7 Å². The predicted molar refractivity (Wildman–Crippen MR) is 42.6 cm³/mol. The molecule has 0 aliphatic heterocycles. The minimum atomic E-state index is 0. The summed E-state index contributed by atoms with van der Waals surface area (Å²) in [7, 11) is 0. The molecule has 0 spiro atoms. The fourth-order valence-corrected chi connectivity index (χ4v) is 1.12. The van der Waals surface area contributed by atoms with Crippen molar-refractivity contribution >= 4 is 0 Å². The van der Waals surface area contributed by atoms with Crippen molar-refractivity contribution in [1.82, 2.24) is 5.32 Å². The Morgan fingerprint density at radius 2 is 0.833 bits per heavy atom. The third-order valence-corrected chi connectivity index (χ3v) is 0.750. The SMILES string of the molecule is CC(C)(C)NC(C)(C)C.[Cl-].[Cl-].[Ti+2]. The molecule has 0 saturated heterocycles. The summed E-state index contributed by atoms with van der Waals surface area (Å²) in [6, 6.07) is 0. The van der Waals surface area contributed by atoms with Crippen LogP contribution in [0.5, 0.6) is 0 Å². The molecular formula is C8H19Cl2NTi. The zero-order valence-electron chi connectivity index (χ0n) is 8.76. The van der Waals surface area contributed by atoms with Crippen LogP contribution in [-0.2, 0) is 21.7 Å². The fraction of sp³-hybridized carbons (Fsp3) is 1.00. The van der Waals surface area contributed by atoms with Crippen LogP contribution in [0.3, 0.4) is 0 Å². The van der Waals surface area contributed by atoms with E-state index in [2.05, 4.69) is 46.9 Å². The summed E-state index contributed by atoms with van der Waals surface area (Å²) in [5.41, 5.74) is 0.469. The molecule has 0 aliphatic carbocycles. The molecule has 0 aromatic rings. The molecule has 0 aliphatic rings. The summed E-state index contributed by atoms with van der Waals surface area (Å²) in [6.45, 7) is 13.1. The van der Waals surface area contributed by atoms with Gasteiger partial charge in [-0.3, -0.25) is 0 Å². The molecule has 12 heavy (non-hydrogen) atoms. The van der Waals surface area contributed by atoms with E-state index in [9.17, 15) is 0 Å². The Balaban J connectivity index is -0.000000107. The Morgan fingerprint density at radius 1 is 0.667 bits per heavy atom. The van der Waals surface area contributed by atoms with Crippen LogP contribution in [0.15, 0.2) is 0 Å². The molecule has 0 aromatic carbocycles. The van der Waals surface area contributed by atoms with Crippen molar-refractivity contribution in [1.29, 1.82) is 0 Å². The first kappa shape index (κ1) is 23.2. The standard InChI is InChI=1S/C8H19N.2ClH.Ti/c1-7(2,3)9-8(4,5)6;;;/h9H,1-6H3;2*1H;/q;;;+2/p-2. The van der Waals surface area contributed by atoms with Crippen LogP contribution in [0.25, 0.3) is 0 Å². The van der Waals surface area contributed by atoms with Gasteiger partial charge in [-0.25, -0.2) is 0 Å². The van der Waals surface area contributed by atoms with Gasteiger partial charge in [0.1, 0.15) is 0 Å². The van der Waals surface area contributed by atoms with Crippen molar-refractivity contribution in [3.05, 3.63) is 0 Å². The van der Waals surface area contributed by atoms with Crippen molar-refractivity contribution in [2.75, 3.05) is 0 Å². The molecule has 0 saturated carbocycles. The van der Waals surface area contributed by atoms with Gasteiger partial charge in [-0.2, -0.15) is 0 Å².